The van der Waals surface area contributed by atoms with Crippen molar-refractivity contribution in [2.45, 2.75) is 40.5 Å². The normalized spacial score (nSPS) is 14.5. The Balaban J connectivity index is 1.37. The highest BCUT2D eigenvalue weighted by Crippen LogP contribution is 2.26. The Morgan fingerprint density at radius 2 is 1.83 bits per heavy atom. The summed E-state index contributed by atoms with van der Waals surface area (Å²) in [5, 5.41) is 0.676. The number of hydrogen-bond donors (Lipinski definition) is 1. The van der Waals surface area contributed by atoms with Gasteiger partial charge in [-0.3, -0.25) is 9.59 Å². The zero-order chi connectivity index (χ0) is 21.4. The molecule has 1 fully saturated rings. The lowest BCUT2D eigenvalue weighted by molar-refractivity contribution is -0.131. The highest BCUT2D eigenvalue weighted by Gasteiger charge is 2.22. The minimum absolute atomic E-state index is 0.105. The molecular weight excluding hydrogens is 396 g/mol. The molecule has 1 amide bonds. The fourth-order valence-electron chi connectivity index (χ4n) is 4.08. The number of nitrogens with one attached hydrogen (secondary N) is 1. The van der Waals surface area contributed by atoms with Gasteiger partial charge < -0.3 is 14.8 Å². The van der Waals surface area contributed by atoms with Crippen LogP contribution >= 0.6 is 11.3 Å². The monoisotopic (exact) mass is 424 g/mol. The van der Waals surface area contributed by atoms with Gasteiger partial charge in [0, 0.05) is 49.6 Å². The number of thiophene rings is 1. The summed E-state index contributed by atoms with van der Waals surface area (Å²) < 4.78 is 0. The Labute approximate surface area is 180 Å². The number of amides is 1. The topological polar surface area (TPSA) is 69.3 Å². The number of carbonyl (C=O) groups excluding carboxylic acids is 1. The average Bonchev–Trinajstić information content (AvgIpc) is 3.02. The van der Waals surface area contributed by atoms with Crippen molar-refractivity contribution in [3.05, 3.63) is 55.9 Å². The Hall–Kier alpha value is -2.67. The largest absolute Gasteiger partial charge is 0.368 e. The number of piperazine rings is 1. The standard InChI is InChI=1S/C23H28N4O2S/c1-14-6-5-7-18(15(14)2)26-10-12-27(13-11-26)20(28)9-8-19-24-22(29)21-16(3)17(4)30-23(21)25-19/h5-7H,8-13H2,1-4H3,(H,24,25,29). The van der Waals surface area contributed by atoms with Crippen LogP contribution < -0.4 is 10.5 Å². The molecule has 0 aliphatic carbocycles. The van der Waals surface area contributed by atoms with Crippen LogP contribution in [0.3, 0.4) is 0 Å². The maximum atomic E-state index is 12.7. The molecule has 7 heteroatoms. The van der Waals surface area contributed by atoms with Crippen LogP contribution in [-0.4, -0.2) is 47.0 Å². The van der Waals surface area contributed by atoms with Crippen molar-refractivity contribution in [1.82, 2.24) is 14.9 Å². The Bertz CT molecular complexity index is 1160. The SMILES string of the molecule is Cc1cccc(N2CCN(C(=O)CCc3nc4sc(C)c(C)c4c(=O)[nH]3)CC2)c1C. The molecule has 4 rings (SSSR count). The minimum atomic E-state index is -0.105. The molecule has 0 radical (unpaired) electrons. The van der Waals surface area contributed by atoms with E-state index in [1.165, 1.54) is 28.2 Å². The van der Waals surface area contributed by atoms with Gasteiger partial charge in [0.15, 0.2) is 0 Å². The fourth-order valence-corrected chi connectivity index (χ4v) is 5.12. The third-order valence-electron chi connectivity index (χ3n) is 6.21. The van der Waals surface area contributed by atoms with Gasteiger partial charge in [-0.2, -0.15) is 0 Å². The van der Waals surface area contributed by atoms with Crippen molar-refractivity contribution in [1.29, 1.82) is 0 Å². The molecule has 1 saturated heterocycles. The molecule has 0 saturated carbocycles. The molecule has 2 aromatic heterocycles. The van der Waals surface area contributed by atoms with Crippen LogP contribution in [-0.2, 0) is 11.2 Å². The van der Waals surface area contributed by atoms with Crippen molar-refractivity contribution in [2.24, 2.45) is 0 Å². The van der Waals surface area contributed by atoms with Gasteiger partial charge in [0.25, 0.3) is 5.56 Å². The molecule has 0 atom stereocenters. The molecule has 6 nitrogen and oxygen atoms in total. The van der Waals surface area contributed by atoms with Crippen molar-refractivity contribution in [3.8, 4) is 0 Å². The number of hydrogen-bond acceptors (Lipinski definition) is 5. The number of benzene rings is 1. The van der Waals surface area contributed by atoms with Crippen molar-refractivity contribution < 1.29 is 4.79 Å². The smallest absolute Gasteiger partial charge is 0.259 e. The van der Waals surface area contributed by atoms with Crippen LogP contribution in [0.1, 0.15) is 33.8 Å². The maximum absolute atomic E-state index is 12.7. The van der Waals surface area contributed by atoms with Crippen molar-refractivity contribution in [3.63, 3.8) is 0 Å². The first kappa shape index (κ1) is 20.6. The first-order valence-electron chi connectivity index (χ1n) is 10.4. The van der Waals surface area contributed by atoms with E-state index in [9.17, 15) is 9.59 Å². The summed E-state index contributed by atoms with van der Waals surface area (Å²) in [5.41, 5.74) is 4.75. The Morgan fingerprint density at radius 1 is 1.10 bits per heavy atom. The zero-order valence-corrected chi connectivity index (χ0v) is 18.9. The molecule has 3 heterocycles. The highest BCUT2D eigenvalue weighted by atomic mass is 32.1. The second kappa shape index (κ2) is 8.22. The maximum Gasteiger partial charge on any atom is 0.259 e. The lowest BCUT2D eigenvalue weighted by atomic mass is 10.1. The molecule has 30 heavy (non-hydrogen) atoms. The van der Waals surface area contributed by atoms with E-state index in [0.717, 1.165) is 41.5 Å². The number of aryl methyl sites for hydroxylation is 4. The van der Waals surface area contributed by atoms with Gasteiger partial charge in [-0.05, 0) is 50.5 Å². The first-order chi connectivity index (χ1) is 14.3. The van der Waals surface area contributed by atoms with E-state index < -0.39 is 0 Å². The quantitative estimate of drug-likeness (QED) is 0.696. The van der Waals surface area contributed by atoms with Crippen LogP contribution in [0.5, 0.6) is 0 Å². The van der Waals surface area contributed by atoms with Crippen molar-refractivity contribution in [2.75, 3.05) is 31.1 Å². The van der Waals surface area contributed by atoms with Gasteiger partial charge in [-0.15, -0.1) is 11.3 Å². The zero-order valence-electron chi connectivity index (χ0n) is 18.0. The van der Waals surface area contributed by atoms with Crippen LogP contribution in [0.2, 0.25) is 0 Å². The summed E-state index contributed by atoms with van der Waals surface area (Å²) in [5.74, 6) is 0.716. The molecule has 158 valence electrons. The van der Waals surface area contributed by atoms with E-state index in [2.05, 4.69) is 46.9 Å². The number of nitrogens with zero attached hydrogens (tertiary/aromatic N) is 3. The van der Waals surface area contributed by atoms with Crippen LogP contribution in [0.25, 0.3) is 10.2 Å². The van der Waals surface area contributed by atoms with Gasteiger partial charge in [-0.1, -0.05) is 12.1 Å². The molecule has 0 spiro atoms. The number of aromatic nitrogens is 2. The lowest BCUT2D eigenvalue weighted by Crippen LogP contribution is -2.49. The fraction of sp³-hybridized carbons (Fsp3) is 0.435. The Morgan fingerprint density at radius 3 is 2.57 bits per heavy atom. The highest BCUT2D eigenvalue weighted by molar-refractivity contribution is 7.18. The van der Waals surface area contributed by atoms with E-state index in [-0.39, 0.29) is 11.5 Å². The third-order valence-corrected chi connectivity index (χ3v) is 7.31. The van der Waals surface area contributed by atoms with E-state index >= 15 is 0 Å². The Kier molecular flexibility index (Phi) is 5.64. The van der Waals surface area contributed by atoms with Gasteiger partial charge in [-0.25, -0.2) is 4.98 Å². The van der Waals surface area contributed by atoms with Gasteiger partial charge in [0.2, 0.25) is 5.91 Å². The summed E-state index contributed by atoms with van der Waals surface area (Å²) in [6.45, 7) is 11.4. The molecular formula is C23H28N4O2S. The molecule has 0 unspecified atom stereocenters. The number of carbonyl (C=O) groups is 1. The average molecular weight is 425 g/mol. The molecule has 1 aliphatic heterocycles. The number of H-pyrrole nitrogens is 1. The second-order valence-electron chi connectivity index (χ2n) is 8.06. The predicted octanol–water partition coefficient (Wildman–Crippen LogP) is 3.50. The molecule has 1 aromatic carbocycles. The van der Waals surface area contributed by atoms with E-state index in [1.807, 2.05) is 18.7 Å². The van der Waals surface area contributed by atoms with Crippen molar-refractivity contribution >= 4 is 33.1 Å². The lowest BCUT2D eigenvalue weighted by Gasteiger charge is -2.37. The summed E-state index contributed by atoms with van der Waals surface area (Å²) >= 11 is 1.54. The van der Waals surface area contributed by atoms with E-state index in [4.69, 9.17) is 0 Å². The predicted molar refractivity (Wildman–Crippen MR) is 123 cm³/mol. The van der Waals surface area contributed by atoms with Crippen LogP contribution in [0, 0.1) is 27.7 Å². The molecule has 1 N–H and O–H groups in total. The number of anilines is 1. The molecule has 1 aliphatic rings. The second-order valence-corrected chi connectivity index (χ2v) is 9.27. The van der Waals surface area contributed by atoms with Crippen LogP contribution in [0.4, 0.5) is 5.69 Å². The summed E-state index contributed by atoms with van der Waals surface area (Å²) in [4.78, 5) is 38.8. The number of fused-ring (bicyclic) bond motifs is 1. The summed E-state index contributed by atoms with van der Waals surface area (Å²) in [7, 11) is 0. The molecule has 0 bridgehead atoms. The van der Waals surface area contributed by atoms with Gasteiger partial charge >= 0.3 is 0 Å². The van der Waals surface area contributed by atoms with E-state index in [0.29, 0.717) is 24.1 Å². The van der Waals surface area contributed by atoms with Gasteiger partial charge in [0.05, 0.1) is 5.39 Å². The van der Waals surface area contributed by atoms with Gasteiger partial charge in [0.1, 0.15) is 10.7 Å². The molecule has 3 aromatic rings. The van der Waals surface area contributed by atoms with Crippen LogP contribution in [0.15, 0.2) is 23.0 Å². The first-order valence-corrected chi connectivity index (χ1v) is 11.2. The number of rotatable bonds is 4. The summed E-state index contributed by atoms with van der Waals surface area (Å²) in [6, 6.07) is 6.38. The van der Waals surface area contributed by atoms with E-state index in [1.54, 1.807) is 0 Å². The minimum Gasteiger partial charge on any atom is -0.368 e. The summed E-state index contributed by atoms with van der Waals surface area (Å²) in [6.07, 6.45) is 0.818. The third kappa shape index (κ3) is 3.86. The number of aromatic amines is 1.